The first kappa shape index (κ1) is 18.8. The highest BCUT2D eigenvalue weighted by molar-refractivity contribution is 7.80. The van der Waals surface area contributed by atoms with Crippen LogP contribution in [0.25, 0.3) is 5.69 Å². The molecule has 0 bridgehead atoms. The average molecular weight is 394 g/mol. The normalized spacial score (nSPS) is 17.5. The molecule has 1 aliphatic heterocycles. The zero-order valence-corrected chi connectivity index (χ0v) is 16.7. The monoisotopic (exact) mass is 393 g/mol. The molecule has 1 fully saturated rings. The highest BCUT2D eigenvalue weighted by atomic mass is 32.1. The molecule has 0 unspecified atom stereocenters. The molecule has 144 valence electrons. The Balaban J connectivity index is 1.69. The summed E-state index contributed by atoms with van der Waals surface area (Å²) in [5.41, 5.74) is 2.65. The molecule has 1 aromatic heterocycles. The van der Waals surface area contributed by atoms with Crippen LogP contribution in [0.1, 0.15) is 25.1 Å². The van der Waals surface area contributed by atoms with Gasteiger partial charge in [-0.05, 0) is 50.1 Å². The number of benzene rings is 1. The topological polar surface area (TPSA) is 47.4 Å². The van der Waals surface area contributed by atoms with E-state index in [0.29, 0.717) is 19.6 Å². The van der Waals surface area contributed by atoms with Crippen LogP contribution < -0.4 is 4.90 Å². The van der Waals surface area contributed by atoms with Gasteiger partial charge in [0.15, 0.2) is 0 Å². The van der Waals surface area contributed by atoms with Gasteiger partial charge >= 0.3 is 0 Å². The predicted octanol–water partition coefficient (Wildman–Crippen LogP) is 4.15. The van der Waals surface area contributed by atoms with Gasteiger partial charge in [0.1, 0.15) is 5.82 Å². The van der Waals surface area contributed by atoms with Crippen molar-refractivity contribution >= 4 is 28.7 Å². The average Bonchev–Trinajstić information content (AvgIpc) is 3.16. The summed E-state index contributed by atoms with van der Waals surface area (Å²) in [5, 5.41) is 0. The highest BCUT2D eigenvalue weighted by Gasteiger charge is 2.31. The molecular weight excluding hydrogens is 370 g/mol. The summed E-state index contributed by atoms with van der Waals surface area (Å²) < 4.78 is 7.45. The summed E-state index contributed by atoms with van der Waals surface area (Å²) in [6.07, 6.45) is 11.8. The molecule has 1 amide bonds. The van der Waals surface area contributed by atoms with Gasteiger partial charge in [-0.2, -0.15) is 0 Å². The number of aryl methyl sites for hydroxylation is 1. The Morgan fingerprint density at radius 1 is 1.25 bits per heavy atom. The maximum atomic E-state index is 13.4. The molecule has 5 nitrogen and oxygen atoms in total. The standard InChI is InChI=1S/C22H23N3O2S/c1-16-23-12-13-24(16)18-6-8-19(9-7-18)25(20-4-2-3-5-21(20)28)22(26)17-10-14-27-15-11-17/h2-4,6-9,12-13,17H,5,10-11,14-15H2,1H3. The summed E-state index contributed by atoms with van der Waals surface area (Å²) >= 11 is 5.58. The van der Waals surface area contributed by atoms with Crippen LogP contribution in [-0.4, -0.2) is 33.5 Å². The van der Waals surface area contributed by atoms with Crippen molar-refractivity contribution in [2.75, 3.05) is 18.1 Å². The number of allylic oxidation sites excluding steroid dienone is 4. The molecule has 0 saturated carbocycles. The van der Waals surface area contributed by atoms with Crippen LogP contribution in [0.5, 0.6) is 0 Å². The third kappa shape index (κ3) is 3.70. The van der Waals surface area contributed by atoms with E-state index in [2.05, 4.69) is 4.98 Å². The molecule has 6 heteroatoms. The first-order chi connectivity index (χ1) is 13.6. The highest BCUT2D eigenvalue weighted by Crippen LogP contribution is 2.29. The smallest absolute Gasteiger partial charge is 0.234 e. The summed E-state index contributed by atoms with van der Waals surface area (Å²) in [7, 11) is 0. The maximum absolute atomic E-state index is 13.4. The van der Waals surface area contributed by atoms with Gasteiger partial charge in [0, 0.05) is 54.2 Å². The first-order valence-corrected chi connectivity index (χ1v) is 9.98. The summed E-state index contributed by atoms with van der Waals surface area (Å²) in [5.74, 6) is 0.974. The van der Waals surface area contributed by atoms with E-state index in [4.69, 9.17) is 17.0 Å². The lowest BCUT2D eigenvalue weighted by Crippen LogP contribution is -2.40. The lowest BCUT2D eigenvalue weighted by molar-refractivity contribution is -0.124. The van der Waals surface area contributed by atoms with Gasteiger partial charge in [0.2, 0.25) is 5.91 Å². The summed E-state index contributed by atoms with van der Waals surface area (Å²) in [6, 6.07) is 7.98. The van der Waals surface area contributed by atoms with Gasteiger partial charge in [-0.3, -0.25) is 9.69 Å². The Bertz CT molecular complexity index is 937. The van der Waals surface area contributed by atoms with E-state index in [1.54, 1.807) is 11.1 Å². The Morgan fingerprint density at radius 2 is 2.00 bits per heavy atom. The number of hydrogen-bond donors (Lipinski definition) is 0. The van der Waals surface area contributed by atoms with Crippen LogP contribution in [0.3, 0.4) is 0 Å². The summed E-state index contributed by atoms with van der Waals surface area (Å²) in [6.45, 7) is 3.23. The number of carbonyl (C=O) groups excluding carboxylic acids is 1. The van der Waals surface area contributed by atoms with Crippen LogP contribution in [0.15, 0.2) is 60.6 Å². The molecule has 4 rings (SSSR count). The van der Waals surface area contributed by atoms with E-state index in [1.165, 1.54) is 0 Å². The molecule has 0 N–H and O–H groups in total. The maximum Gasteiger partial charge on any atom is 0.234 e. The van der Waals surface area contributed by atoms with E-state index in [-0.39, 0.29) is 11.8 Å². The van der Waals surface area contributed by atoms with Crippen molar-refractivity contribution in [3.05, 3.63) is 66.4 Å². The Labute approximate surface area is 170 Å². The molecule has 2 aromatic rings. The van der Waals surface area contributed by atoms with Crippen molar-refractivity contribution in [1.82, 2.24) is 9.55 Å². The fraction of sp³-hybridized carbons (Fsp3) is 0.318. The molecule has 0 atom stereocenters. The van der Waals surface area contributed by atoms with E-state index in [1.807, 2.05) is 60.2 Å². The second kappa shape index (κ2) is 8.20. The minimum Gasteiger partial charge on any atom is -0.381 e. The number of imidazole rings is 1. The largest absolute Gasteiger partial charge is 0.381 e. The quantitative estimate of drug-likeness (QED) is 0.732. The molecule has 1 saturated heterocycles. The molecule has 2 heterocycles. The molecule has 0 spiro atoms. The van der Waals surface area contributed by atoms with E-state index in [9.17, 15) is 4.79 Å². The van der Waals surface area contributed by atoms with Crippen molar-refractivity contribution in [3.63, 3.8) is 0 Å². The van der Waals surface area contributed by atoms with Crippen molar-refractivity contribution < 1.29 is 9.53 Å². The second-order valence-corrected chi connectivity index (χ2v) is 7.52. The molecular formula is C22H23N3O2S. The second-order valence-electron chi connectivity index (χ2n) is 7.03. The molecule has 1 aromatic carbocycles. The van der Waals surface area contributed by atoms with Crippen LogP contribution in [0, 0.1) is 12.8 Å². The number of carbonyl (C=O) groups is 1. The van der Waals surface area contributed by atoms with Crippen LogP contribution in [0.2, 0.25) is 0 Å². The van der Waals surface area contributed by atoms with Gasteiger partial charge in [0.05, 0.1) is 5.70 Å². The number of anilines is 1. The third-order valence-corrected chi connectivity index (χ3v) is 5.60. The van der Waals surface area contributed by atoms with E-state index < -0.39 is 0 Å². The van der Waals surface area contributed by atoms with Crippen molar-refractivity contribution in [3.8, 4) is 5.69 Å². The minimum absolute atomic E-state index is 0.0427. The predicted molar refractivity (Wildman–Crippen MR) is 114 cm³/mol. The van der Waals surface area contributed by atoms with Gasteiger partial charge in [0.25, 0.3) is 0 Å². The SMILES string of the molecule is Cc1nccn1-c1ccc(N(C(=O)C2CCOCC2)C2=CC=CCC2=S)cc1. The van der Waals surface area contributed by atoms with Crippen molar-refractivity contribution in [2.45, 2.75) is 26.2 Å². The van der Waals surface area contributed by atoms with Gasteiger partial charge in [-0.1, -0.05) is 24.4 Å². The number of hydrogen-bond acceptors (Lipinski definition) is 4. The van der Waals surface area contributed by atoms with Crippen molar-refractivity contribution in [1.29, 1.82) is 0 Å². The minimum atomic E-state index is -0.0427. The number of aromatic nitrogens is 2. The number of thiocarbonyl (C=S) groups is 1. The van der Waals surface area contributed by atoms with Crippen molar-refractivity contribution in [2.24, 2.45) is 5.92 Å². The third-order valence-electron chi connectivity index (χ3n) is 5.22. The number of nitrogens with zero attached hydrogens (tertiary/aromatic N) is 3. The van der Waals surface area contributed by atoms with Gasteiger partial charge in [-0.15, -0.1) is 0 Å². The lowest BCUT2D eigenvalue weighted by atomic mass is 9.97. The fourth-order valence-electron chi connectivity index (χ4n) is 3.66. The Kier molecular flexibility index (Phi) is 5.50. The van der Waals surface area contributed by atoms with Crippen LogP contribution in [0.4, 0.5) is 5.69 Å². The number of ether oxygens (including phenoxy) is 1. The lowest BCUT2D eigenvalue weighted by Gasteiger charge is -2.32. The fourth-order valence-corrected chi connectivity index (χ4v) is 3.91. The zero-order chi connectivity index (χ0) is 19.5. The van der Waals surface area contributed by atoms with E-state index in [0.717, 1.165) is 40.6 Å². The molecule has 28 heavy (non-hydrogen) atoms. The van der Waals surface area contributed by atoms with Gasteiger partial charge < -0.3 is 9.30 Å². The van der Waals surface area contributed by atoms with Gasteiger partial charge in [-0.25, -0.2) is 4.98 Å². The Morgan fingerprint density at radius 3 is 2.64 bits per heavy atom. The summed E-state index contributed by atoms with van der Waals surface area (Å²) in [4.78, 5) is 20.3. The Hall–Kier alpha value is -2.57. The number of amides is 1. The van der Waals surface area contributed by atoms with E-state index >= 15 is 0 Å². The zero-order valence-electron chi connectivity index (χ0n) is 15.9. The molecule has 0 radical (unpaired) electrons. The molecule has 1 aliphatic carbocycles. The van der Waals surface area contributed by atoms with Crippen LogP contribution in [-0.2, 0) is 9.53 Å². The van der Waals surface area contributed by atoms with Crippen LogP contribution >= 0.6 is 12.2 Å². The first-order valence-electron chi connectivity index (χ1n) is 9.57. The molecule has 2 aliphatic rings. The number of rotatable bonds is 4.